The molecule has 1 aliphatic rings. The molecule has 1 aromatic heterocycles. The van der Waals surface area contributed by atoms with Crippen LogP contribution < -0.4 is 5.32 Å². The van der Waals surface area contributed by atoms with Crippen molar-refractivity contribution >= 4 is 0 Å². The first-order chi connectivity index (χ1) is 7.40. The van der Waals surface area contributed by atoms with Gasteiger partial charge in [0.05, 0.1) is 5.69 Å². The summed E-state index contributed by atoms with van der Waals surface area (Å²) in [7, 11) is 0. The van der Waals surface area contributed by atoms with Crippen molar-refractivity contribution in [3.05, 3.63) is 30.7 Å². The fraction of sp³-hybridized carbons (Fsp3) is 0.583. The van der Waals surface area contributed by atoms with Gasteiger partial charge in [-0.2, -0.15) is 0 Å². The van der Waals surface area contributed by atoms with E-state index in [0.717, 1.165) is 24.6 Å². The highest BCUT2D eigenvalue weighted by molar-refractivity contribution is 4.96. The number of nitrogens with zero attached hydrogens (tertiary/aromatic N) is 1. The van der Waals surface area contributed by atoms with Crippen molar-refractivity contribution < 1.29 is 4.52 Å². The second kappa shape index (κ2) is 5.12. The van der Waals surface area contributed by atoms with Gasteiger partial charge in [0, 0.05) is 18.7 Å². The van der Waals surface area contributed by atoms with E-state index in [2.05, 4.69) is 17.1 Å². The average molecular weight is 206 g/mol. The van der Waals surface area contributed by atoms with Crippen LogP contribution in [0.3, 0.4) is 0 Å². The van der Waals surface area contributed by atoms with Crippen molar-refractivity contribution in [1.82, 2.24) is 10.5 Å². The Morgan fingerprint density at radius 3 is 3.13 bits per heavy atom. The molecule has 0 radical (unpaired) electrons. The molecule has 0 aliphatic heterocycles. The molecule has 1 fully saturated rings. The second-order valence-electron chi connectivity index (χ2n) is 4.18. The number of nitrogens with one attached hydrogen (secondary N) is 1. The van der Waals surface area contributed by atoms with Gasteiger partial charge in [-0.3, -0.25) is 0 Å². The zero-order valence-corrected chi connectivity index (χ0v) is 8.98. The van der Waals surface area contributed by atoms with Crippen LogP contribution in [0, 0.1) is 5.92 Å². The minimum absolute atomic E-state index is 0.625. The molecule has 0 bridgehead atoms. The zero-order chi connectivity index (χ0) is 10.5. The molecule has 0 amide bonds. The van der Waals surface area contributed by atoms with Gasteiger partial charge >= 0.3 is 0 Å². The Bertz CT molecular complexity index is 291. The molecule has 1 heterocycles. The van der Waals surface area contributed by atoms with E-state index < -0.39 is 0 Å². The SMILES string of the molecule is C=CCCC(NCc1ccon1)C1CC1. The van der Waals surface area contributed by atoms with Crippen LogP contribution in [0.4, 0.5) is 0 Å². The van der Waals surface area contributed by atoms with E-state index in [1.54, 1.807) is 6.26 Å². The maximum absolute atomic E-state index is 4.80. The van der Waals surface area contributed by atoms with Gasteiger partial charge in [-0.25, -0.2) is 0 Å². The molecule has 0 aromatic carbocycles. The lowest BCUT2D eigenvalue weighted by molar-refractivity contribution is 0.393. The summed E-state index contributed by atoms with van der Waals surface area (Å²) in [4.78, 5) is 0. The third-order valence-corrected chi connectivity index (χ3v) is 2.91. The van der Waals surface area contributed by atoms with Crippen molar-refractivity contribution in [2.24, 2.45) is 5.92 Å². The Labute approximate surface area is 90.5 Å². The number of rotatable bonds is 7. The molecule has 1 N–H and O–H groups in total. The minimum atomic E-state index is 0.625. The van der Waals surface area contributed by atoms with E-state index in [9.17, 15) is 0 Å². The summed E-state index contributed by atoms with van der Waals surface area (Å²) in [6, 6.07) is 2.53. The normalized spacial score (nSPS) is 17.6. The molecule has 1 aromatic rings. The third-order valence-electron chi connectivity index (χ3n) is 2.91. The lowest BCUT2D eigenvalue weighted by Gasteiger charge is -2.16. The van der Waals surface area contributed by atoms with Crippen molar-refractivity contribution in [2.45, 2.75) is 38.3 Å². The monoisotopic (exact) mass is 206 g/mol. The average Bonchev–Trinajstić information content (AvgIpc) is 2.95. The van der Waals surface area contributed by atoms with Gasteiger partial charge in [0.2, 0.25) is 0 Å². The Morgan fingerprint density at radius 1 is 1.67 bits per heavy atom. The van der Waals surface area contributed by atoms with Crippen molar-refractivity contribution in [2.75, 3.05) is 0 Å². The van der Waals surface area contributed by atoms with Gasteiger partial charge < -0.3 is 9.84 Å². The van der Waals surface area contributed by atoms with E-state index in [1.807, 2.05) is 12.1 Å². The highest BCUT2D eigenvalue weighted by atomic mass is 16.5. The Hall–Kier alpha value is -1.09. The molecular weight excluding hydrogens is 188 g/mol. The molecule has 1 atom stereocenters. The molecule has 2 rings (SSSR count). The first-order valence-electron chi connectivity index (χ1n) is 5.63. The predicted molar refractivity (Wildman–Crippen MR) is 59.3 cm³/mol. The van der Waals surface area contributed by atoms with E-state index in [-0.39, 0.29) is 0 Å². The minimum Gasteiger partial charge on any atom is -0.364 e. The Kier molecular flexibility index (Phi) is 3.56. The van der Waals surface area contributed by atoms with E-state index in [4.69, 9.17) is 4.52 Å². The summed E-state index contributed by atoms with van der Waals surface area (Å²) in [5.74, 6) is 0.872. The molecule has 1 aliphatic carbocycles. The van der Waals surface area contributed by atoms with E-state index >= 15 is 0 Å². The van der Waals surface area contributed by atoms with Gasteiger partial charge in [0.15, 0.2) is 0 Å². The Balaban J connectivity index is 1.76. The molecule has 0 saturated heterocycles. The van der Waals surface area contributed by atoms with Gasteiger partial charge in [-0.15, -0.1) is 6.58 Å². The maximum Gasteiger partial charge on any atom is 0.124 e. The summed E-state index contributed by atoms with van der Waals surface area (Å²) >= 11 is 0. The molecule has 0 spiro atoms. The van der Waals surface area contributed by atoms with Crippen LogP contribution in [0.25, 0.3) is 0 Å². The molecule has 1 unspecified atom stereocenters. The lowest BCUT2D eigenvalue weighted by atomic mass is 10.1. The van der Waals surface area contributed by atoms with Crippen molar-refractivity contribution in [3.8, 4) is 0 Å². The lowest BCUT2D eigenvalue weighted by Crippen LogP contribution is -2.30. The molecule has 1 saturated carbocycles. The summed E-state index contributed by atoms with van der Waals surface area (Å²) in [5, 5.41) is 7.44. The highest BCUT2D eigenvalue weighted by Gasteiger charge is 2.30. The molecular formula is C12H18N2O. The van der Waals surface area contributed by atoms with Crippen LogP contribution in [-0.4, -0.2) is 11.2 Å². The van der Waals surface area contributed by atoms with Crippen LogP contribution in [-0.2, 0) is 6.54 Å². The number of allylic oxidation sites excluding steroid dienone is 1. The fourth-order valence-electron chi connectivity index (χ4n) is 1.86. The smallest absolute Gasteiger partial charge is 0.124 e. The highest BCUT2D eigenvalue weighted by Crippen LogP contribution is 2.34. The predicted octanol–water partition coefficient (Wildman–Crippen LogP) is 2.51. The molecule has 82 valence electrons. The third kappa shape index (κ3) is 3.20. The molecule has 3 nitrogen and oxygen atoms in total. The number of hydrogen-bond donors (Lipinski definition) is 1. The number of hydrogen-bond acceptors (Lipinski definition) is 3. The summed E-state index contributed by atoms with van der Waals surface area (Å²) < 4.78 is 4.80. The van der Waals surface area contributed by atoms with Crippen molar-refractivity contribution in [1.29, 1.82) is 0 Å². The number of aromatic nitrogens is 1. The van der Waals surface area contributed by atoms with Gasteiger partial charge in [-0.05, 0) is 31.6 Å². The maximum atomic E-state index is 4.80. The first-order valence-corrected chi connectivity index (χ1v) is 5.63. The van der Waals surface area contributed by atoms with Gasteiger partial charge in [-0.1, -0.05) is 11.2 Å². The van der Waals surface area contributed by atoms with Crippen LogP contribution in [0.15, 0.2) is 29.5 Å². The summed E-state index contributed by atoms with van der Waals surface area (Å²) in [5.41, 5.74) is 0.985. The summed E-state index contributed by atoms with van der Waals surface area (Å²) in [6.45, 7) is 4.58. The van der Waals surface area contributed by atoms with Crippen LogP contribution in [0.2, 0.25) is 0 Å². The first kappa shape index (κ1) is 10.4. The zero-order valence-electron chi connectivity index (χ0n) is 8.98. The largest absolute Gasteiger partial charge is 0.364 e. The van der Waals surface area contributed by atoms with Crippen LogP contribution >= 0.6 is 0 Å². The fourth-order valence-corrected chi connectivity index (χ4v) is 1.86. The summed E-state index contributed by atoms with van der Waals surface area (Å²) in [6.07, 6.45) is 8.63. The Morgan fingerprint density at radius 2 is 2.53 bits per heavy atom. The van der Waals surface area contributed by atoms with Crippen molar-refractivity contribution in [3.63, 3.8) is 0 Å². The second-order valence-corrected chi connectivity index (χ2v) is 4.18. The molecule has 15 heavy (non-hydrogen) atoms. The quantitative estimate of drug-likeness (QED) is 0.696. The van der Waals surface area contributed by atoms with Gasteiger partial charge in [0.1, 0.15) is 6.26 Å². The van der Waals surface area contributed by atoms with E-state index in [1.165, 1.54) is 19.3 Å². The standard InChI is InChI=1S/C12H18N2O/c1-2-3-4-12(10-5-6-10)13-9-11-7-8-15-14-11/h2,7-8,10,12-13H,1,3-6,9H2. The van der Waals surface area contributed by atoms with Crippen LogP contribution in [0.5, 0.6) is 0 Å². The van der Waals surface area contributed by atoms with E-state index in [0.29, 0.717) is 6.04 Å². The topological polar surface area (TPSA) is 38.1 Å². The molecule has 3 heteroatoms. The van der Waals surface area contributed by atoms with Crippen LogP contribution in [0.1, 0.15) is 31.4 Å². The van der Waals surface area contributed by atoms with Gasteiger partial charge in [0.25, 0.3) is 0 Å².